The van der Waals surface area contributed by atoms with Crippen molar-refractivity contribution in [2.45, 2.75) is 26.2 Å². The van der Waals surface area contributed by atoms with Crippen molar-refractivity contribution in [3.8, 4) is 0 Å². The van der Waals surface area contributed by atoms with E-state index in [-0.39, 0.29) is 5.78 Å². The summed E-state index contributed by atoms with van der Waals surface area (Å²) < 4.78 is 0. The number of benzene rings is 1. The molecule has 0 fully saturated rings. The molecule has 0 atom stereocenters. The van der Waals surface area contributed by atoms with Crippen molar-refractivity contribution in [2.24, 2.45) is 0 Å². The van der Waals surface area contributed by atoms with Gasteiger partial charge in [-0.3, -0.25) is 4.79 Å². The summed E-state index contributed by atoms with van der Waals surface area (Å²) in [6, 6.07) is 5.55. The van der Waals surface area contributed by atoms with Crippen LogP contribution in [-0.2, 0) is 0 Å². The van der Waals surface area contributed by atoms with Crippen LogP contribution in [-0.4, -0.2) is 5.78 Å². The van der Waals surface area contributed by atoms with Crippen LogP contribution in [0.2, 0.25) is 0 Å². The smallest absolute Gasteiger partial charge is 0.164 e. The summed E-state index contributed by atoms with van der Waals surface area (Å²) in [6.07, 6.45) is 4.08. The van der Waals surface area contributed by atoms with Crippen LogP contribution < -0.4 is 5.73 Å². The van der Waals surface area contributed by atoms with Crippen molar-refractivity contribution < 1.29 is 4.79 Å². The molecule has 0 saturated heterocycles. The zero-order valence-electron chi connectivity index (χ0n) is 9.12. The number of Topliss-reactive ketones (excluding diaryl/α,β-unsaturated/α-hetero) is 1. The van der Waals surface area contributed by atoms with Crippen molar-refractivity contribution in [1.82, 2.24) is 0 Å². The van der Waals surface area contributed by atoms with Crippen LogP contribution in [0.4, 0.5) is 5.69 Å². The average Bonchev–Trinajstić information content (AvgIpc) is 2.22. The van der Waals surface area contributed by atoms with E-state index in [1.165, 1.54) is 0 Å². The van der Waals surface area contributed by atoms with Gasteiger partial charge >= 0.3 is 0 Å². The summed E-state index contributed by atoms with van der Waals surface area (Å²) in [7, 11) is 0. The van der Waals surface area contributed by atoms with Gasteiger partial charge in [-0.05, 0) is 31.9 Å². The first kappa shape index (κ1) is 11.5. The third kappa shape index (κ3) is 3.24. The van der Waals surface area contributed by atoms with E-state index in [1.54, 1.807) is 6.07 Å². The van der Waals surface area contributed by atoms with Gasteiger partial charge in [0.25, 0.3) is 0 Å². The normalized spacial score (nSPS) is 9.93. The van der Waals surface area contributed by atoms with E-state index >= 15 is 0 Å². The van der Waals surface area contributed by atoms with E-state index in [9.17, 15) is 4.79 Å². The number of rotatable bonds is 5. The molecule has 0 amide bonds. The summed E-state index contributed by atoms with van der Waals surface area (Å²) >= 11 is 0. The summed E-state index contributed by atoms with van der Waals surface area (Å²) in [4.78, 5) is 11.8. The second kappa shape index (κ2) is 5.35. The SMILES string of the molecule is C=CCCCC(=O)c1cc(C)ccc1N. The lowest BCUT2D eigenvalue weighted by Crippen LogP contribution is -2.03. The molecule has 2 heteroatoms. The highest BCUT2D eigenvalue weighted by atomic mass is 16.1. The summed E-state index contributed by atoms with van der Waals surface area (Å²) in [5.74, 6) is 0.123. The maximum atomic E-state index is 11.8. The van der Waals surface area contributed by atoms with Crippen molar-refractivity contribution in [3.63, 3.8) is 0 Å². The lowest BCUT2D eigenvalue weighted by atomic mass is 10.0. The van der Waals surface area contributed by atoms with E-state index < -0.39 is 0 Å². The maximum Gasteiger partial charge on any atom is 0.164 e. The number of aryl methyl sites for hydroxylation is 1. The lowest BCUT2D eigenvalue weighted by molar-refractivity contribution is 0.0981. The number of ketones is 1. The fourth-order valence-corrected chi connectivity index (χ4v) is 1.45. The van der Waals surface area contributed by atoms with Crippen molar-refractivity contribution in [2.75, 3.05) is 5.73 Å². The predicted molar refractivity (Wildman–Crippen MR) is 64.0 cm³/mol. The third-order valence-electron chi connectivity index (χ3n) is 2.32. The monoisotopic (exact) mass is 203 g/mol. The van der Waals surface area contributed by atoms with E-state index in [2.05, 4.69) is 6.58 Å². The van der Waals surface area contributed by atoms with Crippen molar-refractivity contribution in [3.05, 3.63) is 42.0 Å². The molecular formula is C13H17NO. The van der Waals surface area contributed by atoms with Crippen LogP contribution in [0.1, 0.15) is 35.2 Å². The fraction of sp³-hybridized carbons (Fsp3) is 0.308. The minimum absolute atomic E-state index is 0.123. The standard InChI is InChI=1S/C13H17NO/c1-3-4-5-6-13(15)11-9-10(2)7-8-12(11)14/h3,7-9H,1,4-6,14H2,2H3. The second-order valence-electron chi connectivity index (χ2n) is 3.69. The molecule has 0 unspecified atom stereocenters. The first-order valence-corrected chi connectivity index (χ1v) is 5.15. The number of allylic oxidation sites excluding steroid dienone is 1. The molecule has 15 heavy (non-hydrogen) atoms. The van der Waals surface area contributed by atoms with Gasteiger partial charge in [-0.1, -0.05) is 17.7 Å². The van der Waals surface area contributed by atoms with Crippen LogP contribution in [0.25, 0.3) is 0 Å². The molecule has 0 radical (unpaired) electrons. The van der Waals surface area contributed by atoms with Gasteiger partial charge in [-0.15, -0.1) is 6.58 Å². The highest BCUT2D eigenvalue weighted by Crippen LogP contribution is 2.16. The van der Waals surface area contributed by atoms with Gasteiger partial charge in [-0.25, -0.2) is 0 Å². The van der Waals surface area contributed by atoms with Gasteiger partial charge in [0.1, 0.15) is 0 Å². The predicted octanol–water partition coefficient (Wildman–Crippen LogP) is 3.12. The zero-order chi connectivity index (χ0) is 11.3. The van der Waals surface area contributed by atoms with Gasteiger partial charge in [0.2, 0.25) is 0 Å². The summed E-state index contributed by atoms with van der Waals surface area (Å²) in [5, 5.41) is 0. The molecule has 1 rings (SSSR count). The Bertz CT molecular complexity index is 369. The summed E-state index contributed by atoms with van der Waals surface area (Å²) in [5.41, 5.74) is 8.04. The minimum Gasteiger partial charge on any atom is -0.398 e. The second-order valence-corrected chi connectivity index (χ2v) is 3.69. The molecule has 1 aromatic rings. The van der Waals surface area contributed by atoms with Gasteiger partial charge in [0, 0.05) is 17.7 Å². The van der Waals surface area contributed by atoms with Crippen molar-refractivity contribution in [1.29, 1.82) is 0 Å². The Morgan fingerprint density at radius 1 is 1.53 bits per heavy atom. The Kier molecular flexibility index (Phi) is 4.10. The number of hydrogen-bond acceptors (Lipinski definition) is 2. The van der Waals surface area contributed by atoms with Gasteiger partial charge in [0.05, 0.1) is 0 Å². The highest BCUT2D eigenvalue weighted by molar-refractivity contribution is 6.00. The Morgan fingerprint density at radius 2 is 2.27 bits per heavy atom. The third-order valence-corrected chi connectivity index (χ3v) is 2.32. The number of hydrogen-bond donors (Lipinski definition) is 1. The van der Waals surface area contributed by atoms with Crippen molar-refractivity contribution >= 4 is 11.5 Å². The molecular weight excluding hydrogens is 186 g/mol. The number of carbonyl (C=O) groups is 1. The maximum absolute atomic E-state index is 11.8. The first-order valence-electron chi connectivity index (χ1n) is 5.15. The number of carbonyl (C=O) groups excluding carboxylic acids is 1. The fourth-order valence-electron chi connectivity index (χ4n) is 1.45. The Hall–Kier alpha value is -1.57. The van der Waals surface area contributed by atoms with Crippen LogP contribution in [0.15, 0.2) is 30.9 Å². The van der Waals surface area contributed by atoms with E-state index in [1.807, 2.05) is 25.1 Å². The molecule has 0 bridgehead atoms. The largest absolute Gasteiger partial charge is 0.398 e. The Morgan fingerprint density at radius 3 is 2.93 bits per heavy atom. The molecule has 0 aliphatic carbocycles. The number of nitrogens with two attached hydrogens (primary N) is 1. The number of anilines is 1. The number of nitrogen functional groups attached to an aromatic ring is 1. The molecule has 2 N–H and O–H groups in total. The Labute approximate surface area is 90.8 Å². The average molecular weight is 203 g/mol. The van der Waals surface area contributed by atoms with Crippen LogP contribution in [0.5, 0.6) is 0 Å². The minimum atomic E-state index is 0.123. The van der Waals surface area contributed by atoms with Crippen LogP contribution in [0, 0.1) is 6.92 Å². The van der Waals surface area contributed by atoms with E-state index in [4.69, 9.17) is 5.73 Å². The lowest BCUT2D eigenvalue weighted by Gasteiger charge is -2.05. The van der Waals surface area contributed by atoms with Gasteiger partial charge < -0.3 is 5.73 Å². The molecule has 2 nitrogen and oxygen atoms in total. The van der Waals surface area contributed by atoms with Crippen LogP contribution in [0.3, 0.4) is 0 Å². The van der Waals surface area contributed by atoms with E-state index in [0.29, 0.717) is 17.7 Å². The molecule has 1 aromatic carbocycles. The molecule has 0 aliphatic heterocycles. The summed E-state index contributed by atoms with van der Waals surface area (Å²) in [6.45, 7) is 5.58. The molecule has 0 heterocycles. The Balaban J connectivity index is 2.72. The number of unbranched alkanes of at least 4 members (excludes halogenated alkanes) is 1. The molecule has 0 spiro atoms. The first-order chi connectivity index (χ1) is 7.15. The topological polar surface area (TPSA) is 43.1 Å². The molecule has 80 valence electrons. The van der Waals surface area contributed by atoms with Gasteiger partial charge in [-0.2, -0.15) is 0 Å². The van der Waals surface area contributed by atoms with Crippen LogP contribution >= 0.6 is 0 Å². The quantitative estimate of drug-likeness (QED) is 0.346. The highest BCUT2D eigenvalue weighted by Gasteiger charge is 2.08. The zero-order valence-corrected chi connectivity index (χ0v) is 9.12. The molecule has 0 saturated carbocycles. The van der Waals surface area contributed by atoms with E-state index in [0.717, 1.165) is 18.4 Å². The molecule has 0 aromatic heterocycles. The van der Waals surface area contributed by atoms with Gasteiger partial charge in [0.15, 0.2) is 5.78 Å². The molecule has 0 aliphatic rings.